The van der Waals surface area contributed by atoms with Crippen LogP contribution in [0.15, 0.2) is 108 Å². The molecule has 0 radical (unpaired) electrons. The number of aliphatic hydroxyl groups excluding tert-OH is 1. The van der Waals surface area contributed by atoms with Gasteiger partial charge in [0.05, 0.1) is 17.3 Å². The van der Waals surface area contributed by atoms with Crippen molar-refractivity contribution in [2.24, 2.45) is 11.8 Å². The first-order chi connectivity index (χ1) is 26.2. The van der Waals surface area contributed by atoms with Crippen LogP contribution in [-0.2, 0) is 11.2 Å². The minimum absolute atomic E-state index is 0.0158. The number of pyridine rings is 1. The molecule has 7 rings (SSSR count). The number of hydrogen-bond donors (Lipinski definition) is 5. The number of fused-ring (bicyclic) bond motifs is 2. The summed E-state index contributed by atoms with van der Waals surface area (Å²) in [5, 5.41) is 27.7. The van der Waals surface area contributed by atoms with Gasteiger partial charge in [0.15, 0.2) is 0 Å². The van der Waals surface area contributed by atoms with Gasteiger partial charge in [0.25, 0.3) is 5.91 Å². The number of hydrogen-bond acceptors (Lipinski definition) is 8. The smallest absolute Gasteiger partial charge is 0.411 e. The van der Waals surface area contributed by atoms with Gasteiger partial charge >= 0.3 is 6.09 Å². The number of carbonyl (C=O) groups excluding carboxylic acids is 2. The molecule has 2 heterocycles. The molecule has 4 aromatic carbocycles. The first kappa shape index (κ1) is 36.9. The predicted octanol–water partition coefficient (Wildman–Crippen LogP) is 5.80. The van der Waals surface area contributed by atoms with Crippen molar-refractivity contribution in [1.82, 2.24) is 20.1 Å². The van der Waals surface area contributed by atoms with E-state index >= 15 is 0 Å². The number of carbonyl (C=O) groups is 2. The maximum atomic E-state index is 13.2. The molecule has 2 amide bonds. The van der Waals surface area contributed by atoms with Crippen molar-refractivity contribution < 1.29 is 24.5 Å². The number of aromatic hydroxyl groups is 1. The minimum Gasteiger partial charge on any atom is -0.506 e. The van der Waals surface area contributed by atoms with E-state index in [1.165, 1.54) is 12.1 Å². The quantitative estimate of drug-likeness (QED) is 0.0957. The first-order valence-corrected chi connectivity index (χ1v) is 18.6. The number of likely N-dealkylation sites (tertiary alicyclic amines) is 1. The summed E-state index contributed by atoms with van der Waals surface area (Å²) in [5.41, 5.74) is 5.05. The molecule has 1 aliphatic heterocycles. The van der Waals surface area contributed by atoms with Crippen LogP contribution in [0.25, 0.3) is 22.0 Å². The van der Waals surface area contributed by atoms with Gasteiger partial charge in [-0.1, -0.05) is 66.7 Å². The number of H-pyrrole nitrogens is 1. The number of aromatic amines is 1. The van der Waals surface area contributed by atoms with Crippen molar-refractivity contribution in [2.75, 3.05) is 51.6 Å². The number of aromatic nitrogens is 1. The minimum atomic E-state index is -0.825. The third kappa shape index (κ3) is 8.65. The molecule has 280 valence electrons. The molecule has 11 nitrogen and oxygen atoms in total. The second-order valence-electron chi connectivity index (χ2n) is 14.5. The Hall–Kier alpha value is -5.49. The zero-order valence-corrected chi connectivity index (χ0v) is 30.4. The monoisotopic (exact) mass is 729 g/mol. The van der Waals surface area contributed by atoms with Crippen LogP contribution in [0.2, 0.25) is 0 Å². The summed E-state index contributed by atoms with van der Waals surface area (Å²) in [6.45, 7) is 4.23. The van der Waals surface area contributed by atoms with Crippen molar-refractivity contribution in [2.45, 2.75) is 31.5 Å². The molecule has 2 fully saturated rings. The lowest BCUT2D eigenvalue weighted by molar-refractivity contribution is 0.0778. The molecule has 0 spiro atoms. The Morgan fingerprint density at radius 1 is 0.926 bits per heavy atom. The van der Waals surface area contributed by atoms with Crippen LogP contribution in [0.3, 0.4) is 0 Å². The molecule has 5 N–H and O–H groups in total. The number of nitrogens with zero attached hydrogens (tertiary/aromatic N) is 2. The lowest BCUT2D eigenvalue weighted by Gasteiger charge is -2.23. The first-order valence-electron chi connectivity index (χ1n) is 18.6. The van der Waals surface area contributed by atoms with Gasteiger partial charge in [-0.05, 0) is 84.7 Å². The second-order valence-corrected chi connectivity index (χ2v) is 14.5. The number of rotatable bonds is 13. The number of likely N-dealkylation sites (N-methyl/N-ethyl adjacent to an activating group) is 1. The molecule has 54 heavy (non-hydrogen) atoms. The standard InChI is InChI=1S/C43H47N5O6/c1-47(42(52)30-13-11-28(12-14-30)19-20-44-25-39(50)35-15-17-38(49)41-36(35)16-18-40(51)46-41)21-22-48-26-31-23-33(24-32(31)27-48)54-43(53)45-37-10-6-5-9-34(37)29-7-3-2-4-8-29/h2-18,31-33,39,44,49-50H,19-27H2,1H3,(H,45,53)(H,46,51)/t31-,32+,33+,39-/m0/s1. The van der Waals surface area contributed by atoms with E-state index in [9.17, 15) is 24.6 Å². The third-order valence-electron chi connectivity index (χ3n) is 10.8. The number of phenolic OH excluding ortho intramolecular Hbond substituents is 1. The molecule has 4 atom stereocenters. The van der Waals surface area contributed by atoms with E-state index in [0.29, 0.717) is 53.5 Å². The molecule has 0 bridgehead atoms. The normalized spacial score (nSPS) is 18.7. The van der Waals surface area contributed by atoms with Crippen LogP contribution in [-0.4, -0.2) is 89.4 Å². The van der Waals surface area contributed by atoms with Gasteiger partial charge in [0, 0.05) is 62.4 Å². The van der Waals surface area contributed by atoms with Gasteiger partial charge in [-0.25, -0.2) is 4.79 Å². The molecule has 2 aliphatic rings. The van der Waals surface area contributed by atoms with E-state index in [-0.39, 0.29) is 23.3 Å². The number of anilines is 1. The summed E-state index contributed by atoms with van der Waals surface area (Å²) < 4.78 is 5.89. The molecule has 1 saturated heterocycles. The zero-order chi connectivity index (χ0) is 37.6. The van der Waals surface area contributed by atoms with Crippen LogP contribution in [0.5, 0.6) is 5.75 Å². The number of ether oxygens (including phenoxy) is 1. The van der Waals surface area contributed by atoms with Crippen LogP contribution < -0.4 is 16.2 Å². The summed E-state index contributed by atoms with van der Waals surface area (Å²) in [4.78, 5) is 44.6. The van der Waals surface area contributed by atoms with E-state index in [0.717, 1.165) is 61.3 Å². The van der Waals surface area contributed by atoms with Crippen LogP contribution in [0, 0.1) is 11.8 Å². The highest BCUT2D eigenvalue weighted by Crippen LogP contribution is 2.39. The van der Waals surface area contributed by atoms with Crippen molar-refractivity contribution in [1.29, 1.82) is 0 Å². The Labute approximate surface area is 314 Å². The largest absolute Gasteiger partial charge is 0.506 e. The topological polar surface area (TPSA) is 147 Å². The van der Waals surface area contributed by atoms with Gasteiger partial charge in [0.2, 0.25) is 5.56 Å². The Kier molecular flexibility index (Phi) is 11.4. The predicted molar refractivity (Wildman–Crippen MR) is 210 cm³/mol. The molecule has 11 heteroatoms. The van der Waals surface area contributed by atoms with Crippen LogP contribution >= 0.6 is 0 Å². The average molecular weight is 730 g/mol. The molecular weight excluding hydrogens is 683 g/mol. The summed E-state index contributed by atoms with van der Waals surface area (Å²) in [6.07, 6.45) is 1.09. The molecule has 1 aromatic heterocycles. The number of benzene rings is 4. The van der Waals surface area contributed by atoms with Gasteiger partial charge in [-0.2, -0.15) is 0 Å². The van der Waals surface area contributed by atoms with E-state index in [2.05, 4.69) is 20.5 Å². The van der Waals surface area contributed by atoms with Crippen LogP contribution in [0.4, 0.5) is 10.5 Å². The fourth-order valence-electron chi connectivity index (χ4n) is 7.93. The summed E-state index contributed by atoms with van der Waals surface area (Å²) in [7, 11) is 1.84. The zero-order valence-electron chi connectivity index (χ0n) is 30.4. The number of para-hydroxylation sites is 1. The fourth-order valence-corrected chi connectivity index (χ4v) is 7.93. The molecule has 5 aromatic rings. The third-order valence-corrected chi connectivity index (χ3v) is 10.8. The Morgan fingerprint density at radius 3 is 2.41 bits per heavy atom. The maximum absolute atomic E-state index is 13.2. The van der Waals surface area contributed by atoms with E-state index in [1.807, 2.05) is 85.9 Å². The van der Waals surface area contributed by atoms with Crippen molar-refractivity contribution >= 4 is 28.6 Å². The number of amides is 2. The van der Waals surface area contributed by atoms with Crippen LogP contribution in [0.1, 0.15) is 40.4 Å². The highest BCUT2D eigenvalue weighted by molar-refractivity contribution is 5.94. The summed E-state index contributed by atoms with van der Waals surface area (Å²) in [6, 6.07) is 31.5. The van der Waals surface area contributed by atoms with Crippen molar-refractivity contribution in [3.63, 3.8) is 0 Å². The Morgan fingerprint density at radius 2 is 1.65 bits per heavy atom. The van der Waals surface area contributed by atoms with Crippen molar-refractivity contribution in [3.05, 3.63) is 130 Å². The summed E-state index contributed by atoms with van der Waals surface area (Å²) in [5.74, 6) is 0.897. The second kappa shape index (κ2) is 16.7. The lowest BCUT2D eigenvalue weighted by atomic mass is 10.0. The molecule has 1 saturated carbocycles. The Bertz CT molecular complexity index is 2120. The van der Waals surface area contributed by atoms with Gasteiger partial charge in [-0.15, -0.1) is 0 Å². The van der Waals surface area contributed by atoms with Gasteiger partial charge < -0.3 is 35.1 Å². The Balaban J connectivity index is 0.807. The highest BCUT2D eigenvalue weighted by atomic mass is 16.6. The van der Waals surface area contributed by atoms with E-state index in [1.54, 1.807) is 17.0 Å². The summed E-state index contributed by atoms with van der Waals surface area (Å²) >= 11 is 0. The highest BCUT2D eigenvalue weighted by Gasteiger charge is 2.42. The molecule has 0 unspecified atom stereocenters. The number of aliphatic hydroxyl groups is 1. The van der Waals surface area contributed by atoms with Gasteiger partial charge in [0.1, 0.15) is 11.9 Å². The fraction of sp³-hybridized carbons (Fsp3) is 0.326. The SMILES string of the molecule is CN(CCN1C[C@H]2C[C@H](OC(=O)Nc3ccccc3-c3ccccc3)C[C@H]2C1)C(=O)c1ccc(CCNC[C@H](O)c2ccc(O)c3[nH]c(=O)ccc23)cc1. The number of nitrogens with one attached hydrogen (secondary N) is 3. The van der Waals surface area contributed by atoms with E-state index < -0.39 is 12.2 Å². The van der Waals surface area contributed by atoms with E-state index in [4.69, 9.17) is 4.74 Å². The number of phenols is 1. The average Bonchev–Trinajstić information content (AvgIpc) is 3.74. The molecule has 1 aliphatic carbocycles. The molecular formula is C43H47N5O6. The maximum Gasteiger partial charge on any atom is 0.411 e. The van der Waals surface area contributed by atoms with Crippen molar-refractivity contribution in [3.8, 4) is 16.9 Å². The van der Waals surface area contributed by atoms with Gasteiger partial charge in [-0.3, -0.25) is 14.9 Å². The lowest BCUT2D eigenvalue weighted by Crippen LogP contribution is -2.36.